The third-order valence-corrected chi connectivity index (χ3v) is 3.32. The molecule has 1 saturated heterocycles. The molecule has 1 fully saturated rings. The van der Waals surface area contributed by atoms with E-state index in [1.165, 1.54) is 13.5 Å². The Morgan fingerprint density at radius 1 is 1.44 bits per heavy atom. The highest BCUT2D eigenvalue weighted by atomic mass is 16.5. The Hall–Kier alpha value is -0.610. The normalized spacial score (nSPS) is 24.1. The van der Waals surface area contributed by atoms with Gasteiger partial charge in [0, 0.05) is 19.8 Å². The highest BCUT2D eigenvalue weighted by molar-refractivity contribution is 5.75. The molecule has 2 atom stereocenters. The van der Waals surface area contributed by atoms with Crippen LogP contribution >= 0.6 is 0 Å². The summed E-state index contributed by atoms with van der Waals surface area (Å²) >= 11 is 0. The second-order valence-corrected chi connectivity index (χ2v) is 4.40. The van der Waals surface area contributed by atoms with Crippen LogP contribution in [0.5, 0.6) is 0 Å². The molecule has 2 unspecified atom stereocenters. The lowest BCUT2D eigenvalue weighted by molar-refractivity contribution is -0.149. The Morgan fingerprint density at radius 2 is 2.19 bits per heavy atom. The maximum atomic E-state index is 11.7. The molecule has 4 heteroatoms. The van der Waals surface area contributed by atoms with Crippen molar-refractivity contribution in [2.45, 2.75) is 44.7 Å². The maximum Gasteiger partial charge on any atom is 0.323 e. The summed E-state index contributed by atoms with van der Waals surface area (Å²) in [7, 11) is 3.18. The molecule has 0 aromatic heterocycles. The van der Waals surface area contributed by atoms with E-state index in [0.717, 1.165) is 32.4 Å². The Bertz CT molecular complexity index is 220. The number of carbonyl (C=O) groups excluding carboxylic acids is 1. The minimum absolute atomic E-state index is 0.0504. The average molecular weight is 229 g/mol. The minimum Gasteiger partial charge on any atom is -0.468 e. The van der Waals surface area contributed by atoms with Gasteiger partial charge in [-0.25, -0.2) is 0 Å². The van der Waals surface area contributed by atoms with Gasteiger partial charge in [0.15, 0.2) is 0 Å². The van der Waals surface area contributed by atoms with Crippen LogP contribution in [-0.2, 0) is 14.3 Å². The fourth-order valence-electron chi connectivity index (χ4n) is 2.32. The van der Waals surface area contributed by atoms with Gasteiger partial charge >= 0.3 is 5.97 Å². The molecule has 0 aliphatic carbocycles. The van der Waals surface area contributed by atoms with E-state index < -0.39 is 0 Å². The molecule has 0 saturated carbocycles. The van der Waals surface area contributed by atoms with Crippen molar-refractivity contribution in [3.8, 4) is 0 Å². The monoisotopic (exact) mass is 229 g/mol. The summed E-state index contributed by atoms with van der Waals surface area (Å²) in [5.41, 5.74) is 0. The van der Waals surface area contributed by atoms with E-state index in [-0.39, 0.29) is 12.0 Å². The standard InChI is InChI=1S/C12H23NO3/c1-10(7-9-15-2)13-8-5-4-6-11(13)12(14)16-3/h10-11H,4-9H2,1-3H3. The van der Waals surface area contributed by atoms with Gasteiger partial charge in [-0.15, -0.1) is 0 Å². The van der Waals surface area contributed by atoms with Crippen LogP contribution in [-0.4, -0.2) is 50.3 Å². The molecule has 0 aromatic rings. The van der Waals surface area contributed by atoms with Gasteiger partial charge in [-0.2, -0.15) is 0 Å². The van der Waals surface area contributed by atoms with Crippen molar-refractivity contribution < 1.29 is 14.3 Å². The van der Waals surface area contributed by atoms with Crippen LogP contribution in [0, 0.1) is 0 Å². The Balaban J connectivity index is 2.55. The second-order valence-electron chi connectivity index (χ2n) is 4.40. The molecule has 0 amide bonds. The van der Waals surface area contributed by atoms with Crippen molar-refractivity contribution in [1.29, 1.82) is 0 Å². The van der Waals surface area contributed by atoms with Gasteiger partial charge in [0.05, 0.1) is 7.11 Å². The van der Waals surface area contributed by atoms with Crippen LogP contribution in [0.1, 0.15) is 32.6 Å². The molecule has 1 heterocycles. The number of hydrogen-bond donors (Lipinski definition) is 0. The average Bonchev–Trinajstić information content (AvgIpc) is 2.35. The summed E-state index contributed by atoms with van der Waals surface area (Å²) in [6.45, 7) is 3.89. The van der Waals surface area contributed by atoms with Gasteiger partial charge in [-0.3, -0.25) is 9.69 Å². The van der Waals surface area contributed by atoms with Crippen LogP contribution in [0.3, 0.4) is 0 Å². The fraction of sp³-hybridized carbons (Fsp3) is 0.917. The molecular weight excluding hydrogens is 206 g/mol. The van der Waals surface area contributed by atoms with E-state index in [4.69, 9.17) is 9.47 Å². The Morgan fingerprint density at radius 3 is 2.81 bits per heavy atom. The highest BCUT2D eigenvalue weighted by Gasteiger charge is 2.32. The zero-order chi connectivity index (χ0) is 12.0. The third-order valence-electron chi connectivity index (χ3n) is 3.32. The Labute approximate surface area is 97.9 Å². The van der Waals surface area contributed by atoms with Crippen molar-refractivity contribution in [1.82, 2.24) is 4.90 Å². The van der Waals surface area contributed by atoms with Crippen molar-refractivity contribution in [2.24, 2.45) is 0 Å². The van der Waals surface area contributed by atoms with Crippen molar-refractivity contribution >= 4 is 5.97 Å². The molecule has 0 aromatic carbocycles. The van der Waals surface area contributed by atoms with Crippen LogP contribution < -0.4 is 0 Å². The summed E-state index contributed by atoms with van der Waals surface area (Å²) in [4.78, 5) is 13.9. The predicted molar refractivity (Wildman–Crippen MR) is 62.3 cm³/mol. The topological polar surface area (TPSA) is 38.8 Å². The molecule has 1 rings (SSSR count). The first kappa shape index (κ1) is 13.5. The number of esters is 1. The molecule has 0 spiro atoms. The number of likely N-dealkylation sites (tertiary alicyclic amines) is 1. The van der Waals surface area contributed by atoms with Gasteiger partial charge in [0.1, 0.15) is 6.04 Å². The van der Waals surface area contributed by atoms with Crippen molar-refractivity contribution in [3.05, 3.63) is 0 Å². The first-order valence-corrected chi connectivity index (χ1v) is 6.03. The molecule has 1 aliphatic heterocycles. The number of piperidine rings is 1. The Kier molecular flexibility index (Phi) is 5.77. The van der Waals surface area contributed by atoms with Crippen LogP contribution in [0.25, 0.3) is 0 Å². The van der Waals surface area contributed by atoms with Gasteiger partial charge in [-0.1, -0.05) is 6.42 Å². The lowest BCUT2D eigenvalue weighted by atomic mass is 9.99. The van der Waals surface area contributed by atoms with Gasteiger partial charge in [0.2, 0.25) is 0 Å². The van der Waals surface area contributed by atoms with Crippen LogP contribution in [0.15, 0.2) is 0 Å². The quantitative estimate of drug-likeness (QED) is 0.669. The molecule has 0 radical (unpaired) electrons. The number of rotatable bonds is 5. The number of hydrogen-bond acceptors (Lipinski definition) is 4. The van der Waals surface area contributed by atoms with Crippen molar-refractivity contribution in [3.63, 3.8) is 0 Å². The number of carbonyl (C=O) groups is 1. The van der Waals surface area contributed by atoms with E-state index in [1.54, 1.807) is 7.11 Å². The van der Waals surface area contributed by atoms with Gasteiger partial charge in [0.25, 0.3) is 0 Å². The lowest BCUT2D eigenvalue weighted by Crippen LogP contribution is -2.49. The highest BCUT2D eigenvalue weighted by Crippen LogP contribution is 2.21. The third kappa shape index (κ3) is 3.46. The number of nitrogens with zero attached hydrogens (tertiary/aromatic N) is 1. The molecule has 0 bridgehead atoms. The molecular formula is C12H23NO3. The summed E-state index contributed by atoms with van der Waals surface area (Å²) < 4.78 is 9.95. The second kappa shape index (κ2) is 6.86. The van der Waals surface area contributed by atoms with E-state index in [0.29, 0.717) is 6.04 Å². The summed E-state index contributed by atoms with van der Waals surface area (Å²) in [5, 5.41) is 0. The molecule has 4 nitrogen and oxygen atoms in total. The van der Waals surface area contributed by atoms with Crippen LogP contribution in [0.2, 0.25) is 0 Å². The first-order valence-electron chi connectivity index (χ1n) is 6.03. The smallest absolute Gasteiger partial charge is 0.323 e. The molecule has 94 valence electrons. The molecule has 16 heavy (non-hydrogen) atoms. The number of ether oxygens (including phenoxy) is 2. The van der Waals surface area contributed by atoms with E-state index in [2.05, 4.69) is 11.8 Å². The van der Waals surface area contributed by atoms with Crippen molar-refractivity contribution in [2.75, 3.05) is 27.4 Å². The zero-order valence-corrected chi connectivity index (χ0v) is 10.6. The minimum atomic E-state index is -0.0935. The predicted octanol–water partition coefficient (Wildman–Crippen LogP) is 1.44. The maximum absolute atomic E-state index is 11.7. The first-order chi connectivity index (χ1) is 7.70. The SMILES string of the molecule is COCCC(C)N1CCCCC1C(=O)OC. The lowest BCUT2D eigenvalue weighted by Gasteiger charge is -2.38. The molecule has 0 N–H and O–H groups in total. The van der Waals surface area contributed by atoms with E-state index in [9.17, 15) is 4.79 Å². The number of methoxy groups -OCH3 is 2. The summed E-state index contributed by atoms with van der Waals surface area (Å²) in [6, 6.07) is 0.329. The largest absolute Gasteiger partial charge is 0.468 e. The van der Waals surface area contributed by atoms with E-state index >= 15 is 0 Å². The van der Waals surface area contributed by atoms with Gasteiger partial charge < -0.3 is 9.47 Å². The van der Waals surface area contributed by atoms with Crippen LogP contribution in [0.4, 0.5) is 0 Å². The fourth-order valence-corrected chi connectivity index (χ4v) is 2.32. The zero-order valence-electron chi connectivity index (χ0n) is 10.6. The van der Waals surface area contributed by atoms with Gasteiger partial charge in [-0.05, 0) is 32.7 Å². The van der Waals surface area contributed by atoms with E-state index in [1.807, 2.05) is 0 Å². The molecule has 1 aliphatic rings. The summed E-state index contributed by atoms with van der Waals surface area (Å²) in [5.74, 6) is -0.0935. The summed E-state index contributed by atoms with van der Waals surface area (Å²) in [6.07, 6.45) is 4.17.